The van der Waals surface area contributed by atoms with Crippen LogP contribution in [-0.4, -0.2) is 32.1 Å². The van der Waals surface area contributed by atoms with Gasteiger partial charge in [0.1, 0.15) is 0 Å². The second-order valence-electron chi connectivity index (χ2n) is 4.84. The highest BCUT2D eigenvalue weighted by Gasteiger charge is 2.24. The van der Waals surface area contributed by atoms with Crippen LogP contribution < -0.4 is 0 Å². The molecule has 126 valence electrons. The third-order valence-electron chi connectivity index (χ3n) is 3.38. The van der Waals surface area contributed by atoms with Crippen LogP contribution in [0.2, 0.25) is 0 Å². The van der Waals surface area contributed by atoms with Crippen molar-refractivity contribution in [2.45, 2.75) is 13.8 Å². The van der Waals surface area contributed by atoms with Crippen LogP contribution >= 0.6 is 12.4 Å². The lowest BCUT2D eigenvalue weighted by Crippen LogP contribution is -2.13. The number of carboxylic acid groups (broad SMARTS) is 2. The molecule has 0 amide bonds. The van der Waals surface area contributed by atoms with Crippen LogP contribution in [0.25, 0.3) is 11.1 Å². The molecule has 0 aliphatic heterocycles. The fourth-order valence-electron chi connectivity index (χ4n) is 2.40. The molecule has 0 saturated heterocycles. The second-order valence-corrected chi connectivity index (χ2v) is 4.84. The van der Waals surface area contributed by atoms with Gasteiger partial charge in [0.2, 0.25) is 0 Å². The highest BCUT2D eigenvalue weighted by molar-refractivity contribution is 6.01. The summed E-state index contributed by atoms with van der Waals surface area (Å²) in [5.41, 5.74) is -0.136. The maximum absolute atomic E-state index is 11.5. The SMILES string of the molecule is Cc1nc(C(=O)O)c(C)c(-c2cccc([N+](=O)[O-])c2)c1C(=O)O.Cl. The van der Waals surface area contributed by atoms with Gasteiger partial charge >= 0.3 is 11.9 Å². The fraction of sp³-hybridized carbons (Fsp3) is 0.133. The van der Waals surface area contributed by atoms with Crippen LogP contribution in [0.3, 0.4) is 0 Å². The Morgan fingerprint density at radius 1 is 1.17 bits per heavy atom. The van der Waals surface area contributed by atoms with Crippen molar-refractivity contribution < 1.29 is 24.7 Å². The smallest absolute Gasteiger partial charge is 0.354 e. The molecule has 2 N–H and O–H groups in total. The summed E-state index contributed by atoms with van der Waals surface area (Å²) < 4.78 is 0. The average molecular weight is 353 g/mol. The van der Waals surface area contributed by atoms with Crippen LogP contribution in [0.15, 0.2) is 24.3 Å². The highest BCUT2D eigenvalue weighted by Crippen LogP contribution is 2.32. The van der Waals surface area contributed by atoms with Gasteiger partial charge in [0.05, 0.1) is 16.2 Å². The van der Waals surface area contributed by atoms with E-state index in [0.29, 0.717) is 0 Å². The summed E-state index contributed by atoms with van der Waals surface area (Å²) in [6.07, 6.45) is 0. The van der Waals surface area contributed by atoms with Crippen molar-refractivity contribution in [3.8, 4) is 11.1 Å². The van der Waals surface area contributed by atoms with Crippen molar-refractivity contribution in [2.24, 2.45) is 0 Å². The molecule has 0 aliphatic carbocycles. The zero-order chi connectivity index (χ0) is 17.3. The predicted octanol–water partition coefficient (Wildman–Crippen LogP) is 3.09. The van der Waals surface area contributed by atoms with Crippen molar-refractivity contribution >= 4 is 30.0 Å². The van der Waals surface area contributed by atoms with Gasteiger partial charge in [-0.05, 0) is 25.0 Å². The number of nitro benzene ring substituents is 1. The molecule has 0 bridgehead atoms. The molecule has 9 heteroatoms. The van der Waals surface area contributed by atoms with Crippen molar-refractivity contribution in [3.63, 3.8) is 0 Å². The number of nitro groups is 1. The van der Waals surface area contributed by atoms with E-state index in [4.69, 9.17) is 0 Å². The lowest BCUT2D eigenvalue weighted by molar-refractivity contribution is -0.384. The molecule has 0 radical (unpaired) electrons. The quantitative estimate of drug-likeness (QED) is 0.638. The van der Waals surface area contributed by atoms with Crippen molar-refractivity contribution in [3.05, 3.63) is 56.9 Å². The summed E-state index contributed by atoms with van der Waals surface area (Å²) in [4.78, 5) is 37.0. The van der Waals surface area contributed by atoms with Gasteiger partial charge in [-0.15, -0.1) is 12.4 Å². The Bertz CT molecular complexity index is 850. The van der Waals surface area contributed by atoms with Crippen LogP contribution in [0.4, 0.5) is 5.69 Å². The van der Waals surface area contributed by atoms with Gasteiger partial charge in [-0.2, -0.15) is 0 Å². The molecule has 1 aromatic carbocycles. The minimum atomic E-state index is -1.30. The number of hydrogen-bond acceptors (Lipinski definition) is 5. The van der Waals surface area contributed by atoms with E-state index in [9.17, 15) is 29.9 Å². The van der Waals surface area contributed by atoms with E-state index in [-0.39, 0.29) is 51.7 Å². The zero-order valence-electron chi connectivity index (χ0n) is 12.6. The number of hydrogen-bond donors (Lipinski definition) is 2. The molecule has 0 aliphatic rings. The maximum Gasteiger partial charge on any atom is 0.354 e. The summed E-state index contributed by atoms with van der Waals surface area (Å²) in [5, 5.41) is 29.5. The van der Waals surface area contributed by atoms with E-state index in [1.54, 1.807) is 0 Å². The minimum absolute atomic E-state index is 0. The molecule has 0 unspecified atom stereocenters. The lowest BCUT2D eigenvalue weighted by Gasteiger charge is -2.14. The Morgan fingerprint density at radius 3 is 2.29 bits per heavy atom. The van der Waals surface area contributed by atoms with Gasteiger partial charge in [0, 0.05) is 17.7 Å². The van der Waals surface area contributed by atoms with Crippen LogP contribution in [-0.2, 0) is 0 Å². The van der Waals surface area contributed by atoms with Gasteiger partial charge in [-0.3, -0.25) is 10.1 Å². The Kier molecular flexibility index (Phi) is 5.60. The topological polar surface area (TPSA) is 131 Å². The molecule has 1 aromatic heterocycles. The molecular formula is C15H13ClN2O6. The monoisotopic (exact) mass is 352 g/mol. The maximum atomic E-state index is 11.5. The van der Waals surface area contributed by atoms with Gasteiger partial charge in [-0.25, -0.2) is 14.6 Å². The number of aromatic nitrogens is 1. The Hall–Kier alpha value is -3.00. The number of aryl methyl sites for hydroxylation is 1. The van der Waals surface area contributed by atoms with Crippen LogP contribution in [0, 0.1) is 24.0 Å². The Balaban J connectivity index is 0.00000288. The number of benzene rings is 1. The minimum Gasteiger partial charge on any atom is -0.478 e. The number of aromatic carboxylic acids is 2. The number of pyridine rings is 1. The van der Waals surface area contributed by atoms with E-state index in [1.807, 2.05) is 0 Å². The van der Waals surface area contributed by atoms with Crippen LogP contribution in [0.5, 0.6) is 0 Å². The number of nitrogens with zero attached hydrogens (tertiary/aromatic N) is 2. The summed E-state index contributed by atoms with van der Waals surface area (Å²) in [7, 11) is 0. The molecule has 2 aromatic rings. The van der Waals surface area contributed by atoms with Gasteiger partial charge in [0.25, 0.3) is 5.69 Å². The van der Waals surface area contributed by atoms with Crippen molar-refractivity contribution in [1.82, 2.24) is 4.98 Å². The average Bonchev–Trinajstić information content (AvgIpc) is 2.48. The number of rotatable bonds is 4. The van der Waals surface area contributed by atoms with E-state index in [2.05, 4.69) is 4.98 Å². The molecule has 1 heterocycles. The van der Waals surface area contributed by atoms with E-state index >= 15 is 0 Å². The molecule has 0 fully saturated rings. The highest BCUT2D eigenvalue weighted by atomic mass is 35.5. The standard InChI is InChI=1S/C15H12N2O6.ClH/c1-7-11(9-4-3-5-10(6-9)17(22)23)12(14(18)19)8(2)16-13(7)15(20)21;/h3-6H,1-2H3,(H,18,19)(H,20,21);1H. The molecule has 0 atom stereocenters. The summed E-state index contributed by atoms with van der Waals surface area (Å²) in [6, 6.07) is 5.38. The third kappa shape index (κ3) is 3.33. The van der Waals surface area contributed by atoms with E-state index in [0.717, 1.165) is 0 Å². The molecule has 24 heavy (non-hydrogen) atoms. The molecule has 8 nitrogen and oxygen atoms in total. The second kappa shape index (κ2) is 7.05. The first kappa shape index (κ1) is 19.0. The largest absolute Gasteiger partial charge is 0.478 e. The van der Waals surface area contributed by atoms with E-state index in [1.165, 1.54) is 38.1 Å². The molecule has 2 rings (SSSR count). The van der Waals surface area contributed by atoms with Gasteiger partial charge in [0.15, 0.2) is 5.69 Å². The van der Waals surface area contributed by atoms with E-state index < -0.39 is 16.9 Å². The Labute approximate surface area is 142 Å². The van der Waals surface area contributed by atoms with Crippen LogP contribution in [0.1, 0.15) is 32.1 Å². The summed E-state index contributed by atoms with van der Waals surface area (Å²) in [6.45, 7) is 2.81. The van der Waals surface area contributed by atoms with Gasteiger partial charge in [-0.1, -0.05) is 12.1 Å². The lowest BCUT2D eigenvalue weighted by atomic mass is 9.93. The number of carboxylic acids is 2. The molecule has 0 saturated carbocycles. The van der Waals surface area contributed by atoms with Crippen molar-refractivity contribution in [1.29, 1.82) is 0 Å². The number of halogens is 1. The first-order chi connectivity index (χ1) is 10.7. The Morgan fingerprint density at radius 2 is 1.79 bits per heavy atom. The number of carbonyl (C=O) groups is 2. The first-order valence-corrected chi connectivity index (χ1v) is 6.46. The number of non-ortho nitro benzene ring substituents is 1. The fourth-order valence-corrected chi connectivity index (χ4v) is 2.40. The van der Waals surface area contributed by atoms with Gasteiger partial charge < -0.3 is 10.2 Å². The summed E-state index contributed by atoms with van der Waals surface area (Å²) >= 11 is 0. The third-order valence-corrected chi connectivity index (χ3v) is 3.38. The predicted molar refractivity (Wildman–Crippen MR) is 87.0 cm³/mol. The summed E-state index contributed by atoms with van der Waals surface area (Å²) in [5.74, 6) is -2.58. The molecule has 0 spiro atoms. The van der Waals surface area contributed by atoms with Crippen molar-refractivity contribution in [2.75, 3.05) is 0 Å². The first-order valence-electron chi connectivity index (χ1n) is 6.46. The molecular weight excluding hydrogens is 340 g/mol. The zero-order valence-corrected chi connectivity index (χ0v) is 13.5. The normalized spacial score (nSPS) is 9.92.